The molecule has 0 atom stereocenters. The first-order chi connectivity index (χ1) is 40.3. The number of allylic oxidation sites excluding steroid dienone is 12. The summed E-state index contributed by atoms with van der Waals surface area (Å²) in [6, 6.07) is 0. The molecule has 2 saturated carbocycles. The summed E-state index contributed by atoms with van der Waals surface area (Å²) in [5.74, 6) is -36.7. The normalized spacial score (nSPS) is 23.9. The number of aliphatic hydroxyl groups is 3. The predicted molar refractivity (Wildman–Crippen MR) is 244 cm³/mol. The highest BCUT2D eigenvalue weighted by molar-refractivity contribution is 6.17. The third-order valence-corrected chi connectivity index (χ3v) is 13.1. The van der Waals surface area contributed by atoms with Gasteiger partial charge in [0.15, 0.2) is 0 Å². The number of cyclic esters (lactones) is 3. The van der Waals surface area contributed by atoms with Gasteiger partial charge in [0.1, 0.15) is 33.4 Å². The molecule has 8 rings (SSSR count). The molecular formula is C51H34F12O24. The van der Waals surface area contributed by atoms with Crippen LogP contribution in [0.2, 0.25) is 0 Å². The molecule has 0 radical (unpaired) electrons. The summed E-state index contributed by atoms with van der Waals surface area (Å²) in [7, 11) is 0. The maximum Gasteiger partial charge on any atom is 0.478 e. The van der Waals surface area contributed by atoms with Crippen molar-refractivity contribution in [1.82, 2.24) is 0 Å². The first-order valence-electron chi connectivity index (χ1n) is 24.2. The Balaban J connectivity index is 0.793. The molecule has 0 aromatic carbocycles. The van der Waals surface area contributed by atoms with Gasteiger partial charge < -0.3 is 72.2 Å². The van der Waals surface area contributed by atoms with E-state index >= 15 is 0 Å². The second-order valence-electron chi connectivity index (χ2n) is 18.8. The topological polar surface area (TPSA) is 325 Å². The molecule has 4 spiro atoms. The third-order valence-electron chi connectivity index (χ3n) is 13.1. The zero-order valence-corrected chi connectivity index (χ0v) is 42.8. The molecule has 5 fully saturated rings. The fourth-order valence-electron chi connectivity index (χ4n) is 8.74. The minimum Gasteiger partial charge on any atom is -0.480 e. The van der Waals surface area contributed by atoms with Crippen LogP contribution in [0.3, 0.4) is 0 Å². The molecule has 0 amide bonds. The van der Waals surface area contributed by atoms with Crippen molar-refractivity contribution < 1.29 is 168 Å². The Kier molecular flexibility index (Phi) is 16.1. The smallest absolute Gasteiger partial charge is 0.478 e. The quantitative estimate of drug-likeness (QED) is 0.0522. The van der Waals surface area contributed by atoms with Gasteiger partial charge in [-0.25, -0.2) is 43.2 Å². The average molecular weight is 1260 g/mol. The lowest BCUT2D eigenvalue weighted by Crippen LogP contribution is -2.64. The number of esters is 9. The van der Waals surface area contributed by atoms with E-state index in [0.29, 0.717) is 12.2 Å². The fraction of sp³-hybridized carbons (Fsp3) is 0.353. The van der Waals surface area contributed by atoms with E-state index in [-0.39, 0.29) is 51.4 Å². The molecule has 3 N–H and O–H groups in total. The molecule has 6 heterocycles. The van der Waals surface area contributed by atoms with E-state index in [1.807, 2.05) is 0 Å². The number of alkyl halides is 12. The van der Waals surface area contributed by atoms with Crippen LogP contribution in [0.4, 0.5) is 52.7 Å². The van der Waals surface area contributed by atoms with Crippen LogP contribution in [0, 0.1) is 0 Å². The second-order valence-corrected chi connectivity index (χ2v) is 18.8. The number of ether oxygens (including phenoxy) is 12. The average Bonchev–Trinajstić information content (AvgIpc) is 0.908. The van der Waals surface area contributed by atoms with Crippen LogP contribution < -0.4 is 0 Å². The summed E-state index contributed by atoms with van der Waals surface area (Å²) < 4.78 is 216. The molecule has 0 unspecified atom stereocenters. The van der Waals surface area contributed by atoms with Crippen LogP contribution in [-0.2, 0) is 100.0 Å². The SMILES string of the molecule is O=C1OC2(CCC3(CC2)OC(=O)C(/C=C/C=C/C=C2C(=O)OC(C(F)(F)F)(C(F)(F)F)OC2=O)=C(O)O3)OC(=O)C1=C/C=C/C=C/C1=C(O)OC2(CCC3(CC2)OC(=O)C(=C/C=C/C=C/C2=C(O)OC(C(F)(F)F)(C(F)(F)F)OC2=O)C(=O)O3)OC1=O. The Morgan fingerprint density at radius 2 is 0.483 bits per heavy atom. The summed E-state index contributed by atoms with van der Waals surface area (Å²) in [6.45, 7) is 0. The van der Waals surface area contributed by atoms with Crippen molar-refractivity contribution >= 4 is 53.7 Å². The van der Waals surface area contributed by atoms with Crippen molar-refractivity contribution in [3.63, 3.8) is 0 Å². The highest BCUT2D eigenvalue weighted by Crippen LogP contribution is 2.52. The number of rotatable bonds is 9. The zero-order chi connectivity index (χ0) is 64.1. The predicted octanol–water partition coefficient (Wildman–Crippen LogP) is 7.01. The molecule has 2 aliphatic carbocycles. The molecule has 0 aromatic rings. The summed E-state index contributed by atoms with van der Waals surface area (Å²) in [6.07, 6.45) is -15.0. The van der Waals surface area contributed by atoms with E-state index < -0.39 is 164 Å². The van der Waals surface area contributed by atoms with Crippen LogP contribution in [-0.4, -0.2) is 128 Å². The van der Waals surface area contributed by atoms with Crippen LogP contribution in [0.5, 0.6) is 0 Å². The summed E-state index contributed by atoms with van der Waals surface area (Å²) in [5.41, 5.74) is -5.13. The van der Waals surface area contributed by atoms with Crippen molar-refractivity contribution in [2.24, 2.45) is 0 Å². The Hall–Kier alpha value is -9.93. The van der Waals surface area contributed by atoms with Gasteiger partial charge in [0, 0.05) is 51.4 Å². The fourth-order valence-corrected chi connectivity index (χ4v) is 8.74. The number of aliphatic hydroxyl groups excluding tert-OH is 3. The van der Waals surface area contributed by atoms with Gasteiger partial charge in [-0.3, -0.25) is 0 Å². The van der Waals surface area contributed by atoms with E-state index in [4.69, 9.17) is 37.9 Å². The van der Waals surface area contributed by atoms with Crippen LogP contribution in [0.25, 0.3) is 0 Å². The highest BCUT2D eigenvalue weighted by Gasteiger charge is 2.81. The van der Waals surface area contributed by atoms with Crippen molar-refractivity contribution in [2.45, 2.75) is 111 Å². The number of hydrogen-bond donors (Lipinski definition) is 3. The summed E-state index contributed by atoms with van der Waals surface area (Å²) in [5, 5.41) is 31.0. The lowest BCUT2D eigenvalue weighted by Gasteiger charge is -2.46. The van der Waals surface area contributed by atoms with Gasteiger partial charge in [-0.1, -0.05) is 54.7 Å². The molecule has 36 heteroatoms. The number of hydrogen-bond acceptors (Lipinski definition) is 24. The first-order valence-corrected chi connectivity index (χ1v) is 24.2. The van der Waals surface area contributed by atoms with Crippen LogP contribution in [0.15, 0.2) is 142 Å². The van der Waals surface area contributed by atoms with Gasteiger partial charge >= 0.3 is 90.0 Å². The standard InChI is InChI=1S/C51H34F12O24/c52-48(53,54)46(49(55,56)57)84-38(72)28(39(73)85-46)14-8-2-6-12-26-34(68)80-44(81-35(26)69)20-16-42(17-21-44)76-30(64)24(31(65)77-42)10-4-1-5-11-25-32(66)78-43(79-33(25)67)18-22-45(23-19-43)82-36(70)27(37(71)83-45)13-7-3-9-15-29-40(74)86-47(50(58,59)60,51(61,62)63)87-41(29)75/h1-15,64,70,72H,16-23H2/b5-1+,6-2+,9-3+,10-4+,13-7+,14-8+,25-11?,26-12?. The van der Waals surface area contributed by atoms with E-state index in [1.165, 1.54) is 6.08 Å². The van der Waals surface area contributed by atoms with Gasteiger partial charge in [-0.05, 0) is 36.5 Å². The molecule has 8 aliphatic rings. The minimum absolute atomic E-state index is 0.331. The first kappa shape index (κ1) is 63.1. The van der Waals surface area contributed by atoms with Gasteiger partial charge in [-0.2, -0.15) is 52.7 Å². The van der Waals surface area contributed by atoms with Crippen molar-refractivity contribution in [1.29, 1.82) is 0 Å². The van der Waals surface area contributed by atoms with Gasteiger partial charge in [0.25, 0.3) is 41.0 Å². The van der Waals surface area contributed by atoms with Gasteiger partial charge in [0.05, 0.1) is 0 Å². The number of halogens is 12. The minimum atomic E-state index is -6.39. The Morgan fingerprint density at radius 1 is 0.276 bits per heavy atom. The largest absolute Gasteiger partial charge is 0.480 e. The lowest BCUT2D eigenvalue weighted by molar-refractivity contribution is -0.456. The maximum atomic E-state index is 13.2. The van der Waals surface area contributed by atoms with Crippen LogP contribution >= 0.6 is 0 Å². The zero-order valence-electron chi connectivity index (χ0n) is 42.8. The Bertz CT molecular complexity index is 3300. The van der Waals surface area contributed by atoms with Crippen molar-refractivity contribution in [2.75, 3.05) is 0 Å². The maximum absolute atomic E-state index is 13.2. The second kappa shape index (κ2) is 22.2. The number of carbonyl (C=O) groups is 9. The van der Waals surface area contributed by atoms with E-state index in [2.05, 4.69) is 18.9 Å². The van der Waals surface area contributed by atoms with Gasteiger partial charge in [-0.15, -0.1) is 0 Å². The van der Waals surface area contributed by atoms with E-state index in [9.17, 15) is 111 Å². The van der Waals surface area contributed by atoms with Crippen LogP contribution in [0.1, 0.15) is 51.4 Å². The molecule has 3 saturated heterocycles. The third kappa shape index (κ3) is 12.1. The Morgan fingerprint density at radius 3 is 0.736 bits per heavy atom. The molecular weight excluding hydrogens is 1220 g/mol. The summed E-state index contributed by atoms with van der Waals surface area (Å²) >= 11 is 0. The molecule has 0 aromatic heterocycles. The highest BCUT2D eigenvalue weighted by atomic mass is 19.4. The van der Waals surface area contributed by atoms with Crippen molar-refractivity contribution in [3.05, 3.63) is 142 Å². The van der Waals surface area contributed by atoms with Gasteiger partial charge in [0.2, 0.25) is 0 Å². The molecule has 6 aliphatic heterocycles. The van der Waals surface area contributed by atoms with Crippen molar-refractivity contribution in [3.8, 4) is 0 Å². The summed E-state index contributed by atoms with van der Waals surface area (Å²) in [4.78, 5) is 114. The molecule has 87 heavy (non-hydrogen) atoms. The molecule has 24 nitrogen and oxygen atoms in total. The Labute approximate surface area is 474 Å². The lowest BCUT2D eigenvalue weighted by atomic mass is 9.87. The monoisotopic (exact) mass is 1260 g/mol. The number of carbonyl (C=O) groups excluding carboxylic acids is 9. The molecule has 466 valence electrons. The van der Waals surface area contributed by atoms with E-state index in [0.717, 1.165) is 72.9 Å². The molecule has 0 bridgehead atoms. The van der Waals surface area contributed by atoms with E-state index in [1.54, 1.807) is 0 Å².